The summed E-state index contributed by atoms with van der Waals surface area (Å²) in [5.41, 5.74) is 7.56. The zero-order chi connectivity index (χ0) is 94.1. The van der Waals surface area contributed by atoms with E-state index in [1.54, 1.807) is 62.4 Å². The van der Waals surface area contributed by atoms with E-state index in [1.165, 1.54) is 62.4 Å². The van der Waals surface area contributed by atoms with Crippen molar-refractivity contribution in [1.82, 2.24) is 85.1 Å². The molecule has 0 aliphatic rings. The van der Waals surface area contributed by atoms with Crippen molar-refractivity contribution in [1.29, 1.82) is 0 Å². The second kappa shape index (κ2) is 51.0. The van der Waals surface area contributed by atoms with E-state index in [9.17, 15) is 76.7 Å². The van der Waals surface area contributed by atoms with Gasteiger partial charge in [0.1, 0.15) is 91.8 Å². The van der Waals surface area contributed by atoms with Crippen LogP contribution in [0.2, 0.25) is 10.0 Å². The third kappa shape index (κ3) is 33.4. The summed E-state index contributed by atoms with van der Waals surface area (Å²) in [6, 6.07) is 13.3. The molecule has 6 aromatic rings. The Kier molecular flexibility index (Phi) is 41.7. The lowest BCUT2D eigenvalue weighted by Gasteiger charge is -2.27. The predicted molar refractivity (Wildman–Crippen MR) is 482 cm³/mol. The number of nitrogens with two attached hydrogens (primary N) is 1. The number of alkyl carbamates (subject to hydrolysis) is 2. The molecule has 37 heteroatoms. The molecule has 127 heavy (non-hydrogen) atoms. The van der Waals surface area contributed by atoms with E-state index in [0.717, 1.165) is 32.3 Å². The molecule has 16 amide bonds. The lowest BCUT2D eigenvalue weighted by molar-refractivity contribution is -0.136. The number of likely N-dealkylation sites (N-methyl/N-ethyl adjacent to an activating group) is 1. The predicted octanol–water partition coefficient (Wildman–Crippen LogP) is 5.30. The van der Waals surface area contributed by atoms with Crippen LogP contribution in [0.5, 0.6) is 0 Å². The molecule has 14 atom stereocenters. The first-order valence-electron chi connectivity index (χ1n) is 42.9. The van der Waals surface area contributed by atoms with E-state index in [2.05, 4.69) is 85.1 Å². The van der Waals surface area contributed by atoms with Gasteiger partial charge >= 0.3 is 12.2 Å². The highest BCUT2D eigenvalue weighted by Crippen LogP contribution is 2.36. The van der Waals surface area contributed by atoms with Crippen LogP contribution in [0, 0.1) is 17.8 Å². The van der Waals surface area contributed by atoms with Gasteiger partial charge in [0.05, 0.1) is 6.04 Å². The van der Waals surface area contributed by atoms with E-state index in [1.807, 2.05) is 82.3 Å². The van der Waals surface area contributed by atoms with Crippen LogP contribution >= 0.6 is 23.2 Å². The van der Waals surface area contributed by atoms with E-state index in [4.69, 9.17) is 38.4 Å². The fraction of sp³-hybridized carbons (Fsp3) is 0.511. The molecule has 6 aromatic carbocycles. The zero-order valence-corrected chi connectivity index (χ0v) is 76.2. The van der Waals surface area contributed by atoms with Gasteiger partial charge in [-0.25, -0.2) is 9.59 Å². The Morgan fingerprint density at radius 3 is 0.969 bits per heavy atom. The van der Waals surface area contributed by atoms with Crippen molar-refractivity contribution in [3.05, 3.63) is 130 Å². The number of unbranched alkanes of at least 4 members (excludes halogenated alkanes) is 2. The summed E-state index contributed by atoms with van der Waals surface area (Å²) < 4.78 is 10.6. The molecular formula is C90H125Cl2N17O18. The smallest absolute Gasteiger partial charge is 0.407 e. The molecule has 0 bridgehead atoms. The van der Waals surface area contributed by atoms with Crippen molar-refractivity contribution in [2.45, 2.75) is 259 Å². The maximum absolute atomic E-state index is 14.9. The van der Waals surface area contributed by atoms with Crippen LogP contribution in [0.1, 0.15) is 171 Å². The molecule has 0 heterocycles. The maximum Gasteiger partial charge on any atom is 0.407 e. The van der Waals surface area contributed by atoms with Gasteiger partial charge in [0, 0.05) is 47.7 Å². The number of nitrogens with one attached hydrogen (secondary N) is 16. The third-order valence-electron chi connectivity index (χ3n) is 20.9. The molecule has 0 aliphatic carbocycles. The molecule has 0 fully saturated rings. The standard InChI is InChI=1S/C90H125Cl2N17O18/c1-47(2)41-69(106-75(110)50(7)93)85(120)102-54(11)78(113)104-68(32-21-23-40-96-90(125)127-46-63-26-17-19-30-66(63)92)84(119)100-57(14)82(117)109-72(44-61-36-35-60-34-33-58-27-24-28-59-37-38-64(61)74(60)73(58)59)88(123)101-52(9)77(112)97-53(10)80(115)107-71(43-49(5)6)87(122)103-55(12)79(114)105-67(31-20-22-39-95-89(124)126-45-62-25-16-18-29-65(62)91)83(118)99-56(13)81(116)108-70(42-48(3)4)86(121)98-51(8)76(111)94-15/h16-19,24-30,33-38,47-57,67-72H,20-23,31-32,39-46,93H2,1-15H3,(H,94,111)(H,95,124)(H,96,125)(H,97,112)(H,98,121)(H,99,118)(H,100,119)(H,101,123)(H,102,120)(H,103,122)(H,104,113)(H,105,114)(H,106,110)(H,107,115)(H,108,116)(H,109,117)/t50-,51-,52-,53-,54-,55-,56-,57-,67-,68-,69-,70-,71-,72-/m0/s1. The van der Waals surface area contributed by atoms with Gasteiger partial charge in [0.15, 0.2) is 0 Å². The Morgan fingerprint density at radius 2 is 0.606 bits per heavy atom. The topological polar surface area (TPSA) is 510 Å². The van der Waals surface area contributed by atoms with Crippen molar-refractivity contribution >= 4 is 150 Å². The molecule has 18 N–H and O–H groups in total. The highest BCUT2D eigenvalue weighted by molar-refractivity contribution is 6.31. The summed E-state index contributed by atoms with van der Waals surface area (Å²) in [6.07, 6.45) is -0.464. The Balaban J connectivity index is 1.16. The van der Waals surface area contributed by atoms with Crippen LogP contribution in [0.25, 0.3) is 32.3 Å². The zero-order valence-electron chi connectivity index (χ0n) is 74.7. The molecule has 0 radical (unpaired) electrons. The van der Waals surface area contributed by atoms with E-state index >= 15 is 0 Å². The number of hydrogen-bond donors (Lipinski definition) is 17. The molecule has 0 spiro atoms. The van der Waals surface area contributed by atoms with Gasteiger partial charge in [-0.05, 0) is 181 Å². The molecule has 0 aliphatic heterocycles. The summed E-state index contributed by atoms with van der Waals surface area (Å²) in [5, 5.41) is 48.2. The Labute approximate surface area is 750 Å². The summed E-state index contributed by atoms with van der Waals surface area (Å²) in [7, 11) is 1.41. The molecule has 0 aromatic heterocycles. The first-order chi connectivity index (χ1) is 60.0. The van der Waals surface area contributed by atoms with Crippen molar-refractivity contribution in [3.8, 4) is 0 Å². The minimum atomic E-state index is -1.48. The van der Waals surface area contributed by atoms with Crippen molar-refractivity contribution in [3.63, 3.8) is 0 Å². The number of amides is 16. The summed E-state index contributed by atoms with van der Waals surface area (Å²) in [5.74, 6) is -11.2. The number of benzene rings is 6. The molecule has 6 rings (SSSR count). The average Bonchev–Trinajstić information content (AvgIpc) is 0.739. The average molecular weight is 1800 g/mol. The fourth-order valence-electron chi connectivity index (χ4n) is 13.7. The summed E-state index contributed by atoms with van der Waals surface area (Å²) >= 11 is 12.5. The number of ether oxygens (including phenoxy) is 2. The number of hydrogen-bond acceptors (Lipinski definition) is 19. The van der Waals surface area contributed by atoms with Crippen LogP contribution in [0.15, 0.2) is 103 Å². The Hall–Kier alpha value is -12.0. The van der Waals surface area contributed by atoms with Crippen molar-refractivity contribution in [2.75, 3.05) is 20.1 Å². The van der Waals surface area contributed by atoms with Gasteiger partial charge in [-0.1, -0.05) is 156 Å². The van der Waals surface area contributed by atoms with E-state index < -0.39 is 179 Å². The van der Waals surface area contributed by atoms with E-state index in [-0.39, 0.29) is 108 Å². The molecular weight excluding hydrogens is 1680 g/mol. The largest absolute Gasteiger partial charge is 0.445 e. The molecule has 0 saturated heterocycles. The van der Waals surface area contributed by atoms with Crippen molar-refractivity contribution < 1.29 is 86.2 Å². The highest BCUT2D eigenvalue weighted by atomic mass is 35.5. The van der Waals surface area contributed by atoms with Crippen molar-refractivity contribution in [2.24, 2.45) is 23.5 Å². The quantitative estimate of drug-likeness (QED) is 0.0170. The monoisotopic (exact) mass is 1800 g/mol. The minimum Gasteiger partial charge on any atom is -0.445 e. The van der Waals surface area contributed by atoms with Gasteiger partial charge in [-0.3, -0.25) is 67.1 Å². The fourth-order valence-corrected chi connectivity index (χ4v) is 14.1. The number of rotatable bonds is 49. The highest BCUT2D eigenvalue weighted by Gasteiger charge is 2.36. The number of halogens is 2. The van der Waals surface area contributed by atoms with Crippen LogP contribution in [-0.2, 0) is 96.2 Å². The Bertz CT molecular complexity index is 4820. The first-order valence-corrected chi connectivity index (χ1v) is 43.7. The van der Waals surface area contributed by atoms with Crippen LogP contribution < -0.4 is 90.8 Å². The van der Waals surface area contributed by atoms with Crippen LogP contribution in [0.3, 0.4) is 0 Å². The van der Waals surface area contributed by atoms with Gasteiger partial charge in [0.2, 0.25) is 82.7 Å². The minimum absolute atomic E-state index is 0.0161. The number of carbonyl (C=O) groups excluding carboxylic acids is 16. The second-order valence-electron chi connectivity index (χ2n) is 33.2. The SMILES string of the molecule is CNC(=O)[C@H](C)NC(=O)[C@H](CC(C)C)NC(=O)[C@H](C)NC(=O)[C@H](CCCCNC(=O)OCc1ccccc1Cl)NC(=O)[C@H](C)NC(=O)[C@H](CC(C)C)NC(=O)[C@H](C)NC(=O)[C@H](C)NC(=O)[C@H](Cc1ccc2ccc3cccc4ccc1c2c34)NC(=O)[C@H](C)NC(=O)[C@H](CCCCNC(=O)OCc1ccccc1Cl)NC(=O)[C@H](C)NC(=O)[C@H](CC(C)C)NC(=O)[C@H](C)N. The summed E-state index contributed by atoms with van der Waals surface area (Å²) in [6.45, 7) is 21.8. The van der Waals surface area contributed by atoms with Gasteiger partial charge < -0.3 is 100 Å². The van der Waals surface area contributed by atoms with Gasteiger partial charge in [-0.15, -0.1) is 0 Å². The maximum atomic E-state index is 14.9. The van der Waals surface area contributed by atoms with Gasteiger partial charge in [-0.2, -0.15) is 0 Å². The van der Waals surface area contributed by atoms with Gasteiger partial charge in [0.25, 0.3) is 0 Å². The normalized spacial score (nSPS) is 14.6. The Morgan fingerprint density at radius 1 is 0.307 bits per heavy atom. The molecule has 692 valence electrons. The first kappa shape index (κ1) is 104. The van der Waals surface area contributed by atoms with Crippen LogP contribution in [0.4, 0.5) is 9.59 Å². The lowest BCUT2D eigenvalue weighted by Crippen LogP contribution is -2.60. The molecule has 35 nitrogen and oxygen atoms in total. The summed E-state index contributed by atoms with van der Waals surface area (Å²) in [4.78, 5) is 220. The molecule has 0 saturated carbocycles. The lowest BCUT2D eigenvalue weighted by atomic mass is 9.90. The number of carbonyl (C=O) groups is 16. The van der Waals surface area contributed by atoms with E-state index in [0.29, 0.717) is 26.7 Å². The second-order valence-corrected chi connectivity index (χ2v) is 34.0. The molecule has 0 unspecified atom stereocenters. The van der Waals surface area contributed by atoms with Crippen LogP contribution in [-0.4, -0.2) is 200 Å². The third-order valence-corrected chi connectivity index (χ3v) is 21.6.